The molecule has 178 valence electrons. The van der Waals surface area contributed by atoms with E-state index >= 15 is 0 Å². The van der Waals surface area contributed by atoms with E-state index in [2.05, 4.69) is 20.4 Å². The third-order valence-electron chi connectivity index (χ3n) is 5.45. The Morgan fingerprint density at radius 2 is 2.03 bits per heavy atom. The molecule has 8 nitrogen and oxygen atoms in total. The number of benzene rings is 1. The molecule has 11 heteroatoms. The highest BCUT2D eigenvalue weighted by Crippen LogP contribution is 2.30. The Morgan fingerprint density at radius 3 is 2.68 bits per heavy atom. The standard InChI is InChI=1S/C23H22F3N5O3/c1-14-13-31(22(32)30-20-12-29-34-15(20)2)7-6-17(14)8-16-4-3-5-19(9-16)33-21-27-10-18(11-28-21)23(24,25)26/h3-5,8-12,14H,6-7,13H2,1-2H3,(H,30,32). The zero-order valence-corrected chi connectivity index (χ0v) is 18.5. The Bertz CT molecular complexity index is 1190. The average Bonchev–Trinajstić information content (AvgIpc) is 3.19. The van der Waals surface area contributed by atoms with Crippen molar-refractivity contribution in [1.29, 1.82) is 0 Å². The van der Waals surface area contributed by atoms with Crippen molar-refractivity contribution in [2.24, 2.45) is 5.92 Å². The van der Waals surface area contributed by atoms with E-state index in [4.69, 9.17) is 9.26 Å². The van der Waals surface area contributed by atoms with Gasteiger partial charge in [0.2, 0.25) is 0 Å². The van der Waals surface area contributed by atoms with Crippen molar-refractivity contribution in [3.63, 3.8) is 0 Å². The van der Waals surface area contributed by atoms with E-state index in [1.807, 2.05) is 19.1 Å². The Labute approximate surface area is 193 Å². The zero-order valence-electron chi connectivity index (χ0n) is 18.5. The molecule has 0 aliphatic carbocycles. The number of hydrogen-bond donors (Lipinski definition) is 1. The summed E-state index contributed by atoms with van der Waals surface area (Å²) in [6.07, 6.45) is 1.06. The van der Waals surface area contributed by atoms with Crippen molar-refractivity contribution in [1.82, 2.24) is 20.0 Å². The number of amides is 2. The first-order valence-electron chi connectivity index (χ1n) is 10.5. The largest absolute Gasteiger partial charge is 0.424 e. The van der Waals surface area contributed by atoms with Gasteiger partial charge in [-0.25, -0.2) is 14.8 Å². The number of piperidine rings is 1. The lowest BCUT2D eigenvalue weighted by Crippen LogP contribution is -2.42. The van der Waals surface area contributed by atoms with E-state index in [9.17, 15) is 18.0 Å². The van der Waals surface area contributed by atoms with Gasteiger partial charge in [-0.3, -0.25) is 0 Å². The Kier molecular flexibility index (Phi) is 6.53. The fraction of sp³-hybridized carbons (Fsp3) is 0.304. The molecule has 0 spiro atoms. The van der Waals surface area contributed by atoms with Crippen LogP contribution in [0.15, 0.2) is 53.0 Å². The lowest BCUT2D eigenvalue weighted by atomic mass is 9.91. The van der Waals surface area contributed by atoms with Gasteiger partial charge in [-0.05, 0) is 37.0 Å². The van der Waals surface area contributed by atoms with Crippen molar-refractivity contribution >= 4 is 17.8 Å². The number of ether oxygens (including phenoxy) is 1. The molecule has 1 atom stereocenters. The van der Waals surface area contributed by atoms with E-state index in [1.165, 1.54) is 11.8 Å². The summed E-state index contributed by atoms with van der Waals surface area (Å²) in [4.78, 5) is 21.6. The molecular weight excluding hydrogens is 451 g/mol. The van der Waals surface area contributed by atoms with Crippen molar-refractivity contribution in [3.05, 3.63) is 65.3 Å². The van der Waals surface area contributed by atoms with Crippen LogP contribution in [0, 0.1) is 12.8 Å². The highest BCUT2D eigenvalue weighted by molar-refractivity contribution is 5.89. The van der Waals surface area contributed by atoms with Gasteiger partial charge in [-0.2, -0.15) is 13.2 Å². The molecule has 3 aromatic rings. The SMILES string of the molecule is Cc1oncc1NC(=O)N1CCC(=Cc2cccc(Oc3ncc(C(F)(F)F)cn3)c2)C(C)C1. The van der Waals surface area contributed by atoms with Gasteiger partial charge in [-0.15, -0.1) is 0 Å². The summed E-state index contributed by atoms with van der Waals surface area (Å²) >= 11 is 0. The molecule has 0 radical (unpaired) electrons. The normalized spacial score (nSPS) is 17.6. The van der Waals surface area contributed by atoms with Crippen LogP contribution in [0.1, 0.15) is 30.2 Å². The molecule has 2 amide bonds. The summed E-state index contributed by atoms with van der Waals surface area (Å²) in [6.45, 7) is 4.88. The first kappa shape index (κ1) is 23.3. The van der Waals surface area contributed by atoms with Crippen LogP contribution < -0.4 is 10.1 Å². The smallest absolute Gasteiger partial charge is 0.419 e. The molecule has 1 aliphatic rings. The molecule has 34 heavy (non-hydrogen) atoms. The molecule has 1 saturated heterocycles. The minimum atomic E-state index is -4.51. The minimum Gasteiger partial charge on any atom is -0.424 e. The molecule has 0 bridgehead atoms. The topological polar surface area (TPSA) is 93.4 Å². The fourth-order valence-corrected chi connectivity index (χ4v) is 3.56. The van der Waals surface area contributed by atoms with Crippen molar-refractivity contribution < 1.29 is 27.2 Å². The predicted molar refractivity (Wildman–Crippen MR) is 117 cm³/mol. The number of halogens is 3. The van der Waals surface area contributed by atoms with Crippen LogP contribution in [0.3, 0.4) is 0 Å². The molecule has 2 aromatic heterocycles. The maximum absolute atomic E-state index is 12.7. The van der Waals surface area contributed by atoms with Gasteiger partial charge < -0.3 is 19.5 Å². The van der Waals surface area contributed by atoms with E-state index in [1.54, 1.807) is 30.0 Å². The van der Waals surface area contributed by atoms with Crippen LogP contribution in [0.5, 0.6) is 11.8 Å². The van der Waals surface area contributed by atoms with Crippen molar-refractivity contribution in [3.8, 4) is 11.8 Å². The Balaban J connectivity index is 1.39. The molecule has 1 N–H and O–H groups in total. The van der Waals surface area contributed by atoms with Gasteiger partial charge in [-0.1, -0.05) is 35.9 Å². The summed E-state index contributed by atoms with van der Waals surface area (Å²) < 4.78 is 48.5. The monoisotopic (exact) mass is 473 g/mol. The zero-order chi connectivity index (χ0) is 24.3. The summed E-state index contributed by atoms with van der Waals surface area (Å²) in [6, 6.07) is 6.73. The first-order chi connectivity index (χ1) is 16.2. The molecule has 1 aliphatic heterocycles. The highest BCUT2D eigenvalue weighted by Gasteiger charge is 2.31. The third-order valence-corrected chi connectivity index (χ3v) is 5.45. The first-order valence-corrected chi connectivity index (χ1v) is 10.5. The summed E-state index contributed by atoms with van der Waals surface area (Å²) in [7, 11) is 0. The minimum absolute atomic E-state index is 0.130. The summed E-state index contributed by atoms with van der Waals surface area (Å²) in [5.74, 6) is 1.08. The second kappa shape index (κ2) is 9.54. The van der Waals surface area contributed by atoms with Crippen molar-refractivity contribution in [2.45, 2.75) is 26.4 Å². The molecule has 4 rings (SSSR count). The molecule has 1 aromatic carbocycles. The lowest BCUT2D eigenvalue weighted by molar-refractivity contribution is -0.138. The van der Waals surface area contributed by atoms with E-state index in [0.717, 1.165) is 5.56 Å². The van der Waals surface area contributed by atoms with Crippen LogP contribution in [0.2, 0.25) is 0 Å². The summed E-state index contributed by atoms with van der Waals surface area (Å²) in [5.41, 5.74) is 1.65. The molecule has 1 fully saturated rings. The highest BCUT2D eigenvalue weighted by atomic mass is 19.4. The van der Waals surface area contributed by atoms with Crippen LogP contribution >= 0.6 is 0 Å². The second-order valence-corrected chi connectivity index (χ2v) is 7.97. The molecule has 0 saturated carbocycles. The van der Waals surface area contributed by atoms with Crippen molar-refractivity contribution in [2.75, 3.05) is 18.4 Å². The number of likely N-dealkylation sites (tertiary alicyclic amines) is 1. The number of nitrogens with zero attached hydrogens (tertiary/aromatic N) is 4. The maximum Gasteiger partial charge on any atom is 0.419 e. The lowest BCUT2D eigenvalue weighted by Gasteiger charge is -2.33. The van der Waals surface area contributed by atoms with Gasteiger partial charge >= 0.3 is 18.2 Å². The van der Waals surface area contributed by atoms with Crippen LogP contribution in [-0.2, 0) is 6.18 Å². The predicted octanol–water partition coefficient (Wildman–Crippen LogP) is 5.54. The molecular formula is C23H22F3N5O3. The van der Waals surface area contributed by atoms with E-state index in [-0.39, 0.29) is 18.0 Å². The molecule has 3 heterocycles. The number of aromatic nitrogens is 3. The number of urea groups is 1. The van der Waals surface area contributed by atoms with Gasteiger partial charge in [0.15, 0.2) is 5.76 Å². The average molecular weight is 473 g/mol. The quantitative estimate of drug-likeness (QED) is 0.535. The van der Waals surface area contributed by atoms with Crippen LogP contribution in [-0.4, -0.2) is 39.1 Å². The number of nitrogens with one attached hydrogen (secondary N) is 1. The number of rotatable bonds is 4. The number of anilines is 1. The van der Waals surface area contributed by atoms with Gasteiger partial charge in [0.25, 0.3) is 0 Å². The number of aryl methyl sites for hydroxylation is 1. The number of alkyl halides is 3. The third kappa shape index (κ3) is 5.53. The number of carbonyl (C=O) groups excluding carboxylic acids is 1. The number of carbonyl (C=O) groups is 1. The maximum atomic E-state index is 12.7. The van der Waals surface area contributed by atoms with Gasteiger partial charge in [0.05, 0.1) is 11.8 Å². The van der Waals surface area contributed by atoms with Crippen LogP contribution in [0.25, 0.3) is 6.08 Å². The molecule has 1 unspecified atom stereocenters. The van der Waals surface area contributed by atoms with E-state index < -0.39 is 11.7 Å². The van der Waals surface area contributed by atoms with Gasteiger partial charge in [0, 0.05) is 25.5 Å². The second-order valence-electron chi connectivity index (χ2n) is 7.97. The Hall–Kier alpha value is -3.89. The van der Waals surface area contributed by atoms with Crippen LogP contribution in [0.4, 0.5) is 23.7 Å². The fourth-order valence-electron chi connectivity index (χ4n) is 3.56. The van der Waals surface area contributed by atoms with Gasteiger partial charge in [0.1, 0.15) is 11.4 Å². The van der Waals surface area contributed by atoms with E-state index in [0.29, 0.717) is 49.1 Å². The summed E-state index contributed by atoms with van der Waals surface area (Å²) in [5, 5.41) is 6.47. The number of hydrogen-bond acceptors (Lipinski definition) is 6. The Morgan fingerprint density at radius 1 is 1.26 bits per heavy atom.